The molecule has 2 aliphatic rings. The molecule has 1 heterocycles. The van der Waals surface area contributed by atoms with Crippen LogP contribution in [0.2, 0.25) is 5.02 Å². The first-order valence-corrected chi connectivity index (χ1v) is 9.89. The molecule has 2 N–H and O–H groups in total. The molecule has 0 spiro atoms. The largest absolute Gasteiger partial charge is 0.360 e. The molecular formula is C17H24ClN3OS. The highest BCUT2D eigenvalue weighted by Crippen LogP contribution is 2.40. The Balaban J connectivity index is 2.04. The van der Waals surface area contributed by atoms with E-state index < -0.39 is 10.7 Å². The van der Waals surface area contributed by atoms with Gasteiger partial charge in [-0.3, -0.25) is 9.80 Å². The maximum absolute atomic E-state index is 11.9. The van der Waals surface area contributed by atoms with E-state index >= 15 is 0 Å². The fourth-order valence-electron chi connectivity index (χ4n) is 3.56. The summed E-state index contributed by atoms with van der Waals surface area (Å²) in [6, 6.07) is 6.38. The van der Waals surface area contributed by atoms with Crippen LogP contribution < -0.4 is 10.7 Å². The van der Waals surface area contributed by atoms with Gasteiger partial charge in [-0.05, 0) is 53.9 Å². The highest BCUT2D eigenvalue weighted by Gasteiger charge is 2.33. The number of carbonyl (C=O) groups excluding carboxylic acids is 1. The lowest BCUT2D eigenvalue weighted by molar-refractivity contribution is 0.265. The van der Waals surface area contributed by atoms with Gasteiger partial charge in [0, 0.05) is 12.6 Å². The monoisotopic (exact) mass is 353 g/mol. The van der Waals surface area contributed by atoms with Crippen molar-refractivity contribution in [3.05, 3.63) is 28.8 Å². The van der Waals surface area contributed by atoms with Crippen LogP contribution in [0.25, 0.3) is 0 Å². The van der Waals surface area contributed by atoms with E-state index in [4.69, 9.17) is 17.3 Å². The molecule has 1 fully saturated rings. The first-order chi connectivity index (χ1) is 11.1. The minimum Gasteiger partial charge on any atom is -0.360 e. The second-order valence-corrected chi connectivity index (χ2v) is 8.40. The number of rotatable bonds is 3. The van der Waals surface area contributed by atoms with Gasteiger partial charge in [-0.15, -0.1) is 0 Å². The molecule has 0 aromatic heterocycles. The molecule has 1 aromatic carbocycles. The predicted molar refractivity (Wildman–Crippen MR) is 100 cm³/mol. The van der Waals surface area contributed by atoms with Crippen molar-refractivity contribution in [3.8, 4) is 0 Å². The van der Waals surface area contributed by atoms with Crippen molar-refractivity contribution in [2.45, 2.75) is 51.5 Å². The van der Waals surface area contributed by atoms with Gasteiger partial charge in [-0.25, -0.2) is 0 Å². The van der Waals surface area contributed by atoms with E-state index in [0.29, 0.717) is 6.04 Å². The minimum atomic E-state index is -0.651. The fraction of sp³-hybridized carbons (Fsp3) is 0.529. The molecule has 1 aromatic rings. The van der Waals surface area contributed by atoms with Gasteiger partial charge < -0.3 is 5.73 Å². The third kappa shape index (κ3) is 3.42. The number of hydrazine groups is 1. The first-order valence-electron chi connectivity index (χ1n) is 8.27. The number of aryl methyl sites for hydroxylation is 1. The van der Waals surface area contributed by atoms with Crippen LogP contribution in [0.15, 0.2) is 18.2 Å². The summed E-state index contributed by atoms with van der Waals surface area (Å²) in [5, 5.41) is 4.84. The Morgan fingerprint density at radius 2 is 2.09 bits per heavy atom. The Bertz CT molecular complexity index is 608. The summed E-state index contributed by atoms with van der Waals surface area (Å²) in [7, 11) is -0.651. The van der Waals surface area contributed by atoms with Gasteiger partial charge in [0.1, 0.15) is 0 Å². The zero-order chi connectivity index (χ0) is 16.4. The van der Waals surface area contributed by atoms with Crippen LogP contribution in [0, 0.1) is 6.92 Å². The molecule has 1 amide bonds. The Labute approximate surface area is 145 Å². The van der Waals surface area contributed by atoms with E-state index in [2.05, 4.69) is 22.4 Å². The van der Waals surface area contributed by atoms with Gasteiger partial charge in [0.05, 0.1) is 10.7 Å². The third-order valence-corrected chi connectivity index (χ3v) is 6.69. The fourth-order valence-corrected chi connectivity index (χ4v) is 5.45. The summed E-state index contributed by atoms with van der Waals surface area (Å²) in [4.78, 5) is 11.9. The average Bonchev–Trinajstić information content (AvgIpc) is 3.01. The Morgan fingerprint density at radius 1 is 1.35 bits per heavy atom. The van der Waals surface area contributed by atoms with Crippen molar-refractivity contribution in [2.75, 3.05) is 11.6 Å². The molecule has 0 bridgehead atoms. The van der Waals surface area contributed by atoms with Crippen molar-refractivity contribution in [2.24, 2.45) is 5.73 Å². The Kier molecular flexibility index (Phi) is 5.29. The number of amides is 1. The number of halogens is 1. The zero-order valence-corrected chi connectivity index (χ0v) is 15.1. The number of carbonyl (C=O) groups is 1. The zero-order valence-electron chi connectivity index (χ0n) is 13.5. The quantitative estimate of drug-likeness (QED) is 0.815. The van der Waals surface area contributed by atoms with E-state index in [1.165, 1.54) is 19.3 Å². The van der Waals surface area contributed by atoms with Crippen LogP contribution in [0.3, 0.4) is 0 Å². The van der Waals surface area contributed by atoms with Crippen LogP contribution in [-0.2, 0) is 0 Å². The summed E-state index contributed by atoms with van der Waals surface area (Å²) in [6.45, 7) is 2.91. The summed E-state index contributed by atoms with van der Waals surface area (Å²) >= 11 is 6.56. The summed E-state index contributed by atoms with van der Waals surface area (Å²) in [5.74, 6) is 0. The van der Waals surface area contributed by atoms with Gasteiger partial charge >= 0.3 is 0 Å². The topological polar surface area (TPSA) is 49.6 Å². The molecule has 126 valence electrons. The van der Waals surface area contributed by atoms with Crippen molar-refractivity contribution in [1.82, 2.24) is 4.41 Å². The smallest absolute Gasteiger partial charge is 0.286 e. The lowest BCUT2D eigenvalue weighted by Crippen LogP contribution is -2.48. The van der Waals surface area contributed by atoms with Crippen molar-refractivity contribution >= 4 is 38.6 Å². The molecule has 1 atom stereocenters. The maximum Gasteiger partial charge on any atom is 0.286 e. The van der Waals surface area contributed by atoms with Gasteiger partial charge in [0.25, 0.3) is 5.24 Å². The average molecular weight is 354 g/mol. The minimum absolute atomic E-state index is 0.256. The van der Waals surface area contributed by atoms with Gasteiger partial charge in [-0.2, -0.15) is 4.41 Å². The molecule has 3 rings (SSSR count). The highest BCUT2D eigenvalue weighted by atomic mass is 35.5. The van der Waals surface area contributed by atoms with E-state index in [1.807, 2.05) is 17.5 Å². The molecule has 1 saturated carbocycles. The maximum atomic E-state index is 11.9. The van der Waals surface area contributed by atoms with Crippen molar-refractivity contribution in [1.29, 1.82) is 0 Å². The van der Waals surface area contributed by atoms with Gasteiger partial charge in [0.15, 0.2) is 0 Å². The number of primary amides is 1. The molecule has 1 aliphatic carbocycles. The molecule has 0 radical (unpaired) electrons. The summed E-state index contributed by atoms with van der Waals surface area (Å²) in [5.41, 5.74) is 7.83. The molecule has 6 heteroatoms. The predicted octanol–water partition coefficient (Wildman–Crippen LogP) is 4.47. The number of para-hydroxylation sites is 1. The van der Waals surface area contributed by atoms with E-state index in [0.717, 1.165) is 42.1 Å². The SMILES string of the molecule is Cc1cccc(Cl)c1N(C1CCCCC1)N1CCC=S1C(N)=O. The van der Waals surface area contributed by atoms with E-state index in [9.17, 15) is 4.79 Å². The Hall–Kier alpha value is -1.04. The van der Waals surface area contributed by atoms with Crippen LogP contribution in [0.1, 0.15) is 44.1 Å². The summed E-state index contributed by atoms with van der Waals surface area (Å²) in [6.07, 6.45) is 6.91. The lowest BCUT2D eigenvalue weighted by atomic mass is 9.94. The van der Waals surface area contributed by atoms with Crippen LogP contribution in [0.4, 0.5) is 10.5 Å². The van der Waals surface area contributed by atoms with Crippen molar-refractivity contribution in [3.63, 3.8) is 0 Å². The number of hydrogen-bond acceptors (Lipinski definition) is 3. The van der Waals surface area contributed by atoms with Gasteiger partial charge in [-0.1, -0.05) is 43.0 Å². The number of anilines is 1. The highest BCUT2D eigenvalue weighted by molar-refractivity contribution is 8.25. The molecule has 0 saturated heterocycles. The normalized spacial score (nSPS) is 22.8. The summed E-state index contributed by atoms with van der Waals surface area (Å²) < 4.78 is 2.16. The number of nitrogens with two attached hydrogens (primary N) is 1. The standard InChI is InChI=1S/C17H24ClN3OS/c1-13-7-5-10-15(18)16(13)21(14-8-3-2-4-9-14)20-11-6-12-23(20)17(19)22/h5,7,10,12,14H,2-4,6,8-9,11H2,1H3,(H2,19,22). The second-order valence-electron chi connectivity index (χ2n) is 6.21. The second kappa shape index (κ2) is 7.24. The van der Waals surface area contributed by atoms with Crippen molar-refractivity contribution < 1.29 is 4.79 Å². The third-order valence-electron chi connectivity index (χ3n) is 4.61. The first kappa shape index (κ1) is 16.8. The number of nitrogens with zero attached hydrogens (tertiary/aromatic N) is 2. The number of benzene rings is 1. The van der Waals surface area contributed by atoms with Crippen LogP contribution in [0.5, 0.6) is 0 Å². The van der Waals surface area contributed by atoms with Crippen LogP contribution >= 0.6 is 22.3 Å². The molecular weight excluding hydrogens is 330 g/mol. The molecule has 23 heavy (non-hydrogen) atoms. The molecule has 1 unspecified atom stereocenters. The van der Waals surface area contributed by atoms with E-state index in [-0.39, 0.29) is 5.24 Å². The van der Waals surface area contributed by atoms with Gasteiger partial charge in [0.2, 0.25) is 0 Å². The lowest BCUT2D eigenvalue weighted by Gasteiger charge is -2.43. The van der Waals surface area contributed by atoms with Crippen LogP contribution in [-0.4, -0.2) is 27.6 Å². The van der Waals surface area contributed by atoms with E-state index in [1.54, 1.807) is 0 Å². The number of hydrogen-bond donors (Lipinski definition) is 1. The molecule has 1 aliphatic heterocycles. The Morgan fingerprint density at radius 3 is 2.74 bits per heavy atom. The molecule has 4 nitrogen and oxygen atoms in total.